The van der Waals surface area contributed by atoms with Crippen molar-refractivity contribution in [1.82, 2.24) is 4.90 Å². The smallest absolute Gasteiger partial charge is 0.325 e. The second-order valence-electron chi connectivity index (χ2n) is 8.93. The fourth-order valence-electron chi connectivity index (χ4n) is 2.90. The van der Waals surface area contributed by atoms with Gasteiger partial charge in [-0.3, -0.25) is 9.59 Å². The first-order valence-corrected chi connectivity index (χ1v) is 13.8. The van der Waals surface area contributed by atoms with Crippen LogP contribution in [0.2, 0.25) is 18.1 Å². The monoisotopic (exact) mass is 451 g/mol. The number of β-lactam (4-membered cyclic amide) rings is 1. The van der Waals surface area contributed by atoms with Gasteiger partial charge in [-0.15, -0.1) is 0 Å². The van der Waals surface area contributed by atoms with Crippen LogP contribution in [0.15, 0.2) is 43.0 Å². The van der Waals surface area contributed by atoms with Crippen LogP contribution in [0, 0.1) is 5.92 Å². The van der Waals surface area contributed by atoms with E-state index in [2.05, 4.69) is 40.4 Å². The largest absolute Gasteiger partial charge is 0.460 e. The lowest BCUT2D eigenvalue weighted by Crippen LogP contribution is -2.65. The lowest BCUT2D eigenvalue weighted by Gasteiger charge is -2.49. The molecular formula is C22H33NO5SSi. The Morgan fingerprint density at radius 3 is 2.50 bits per heavy atom. The zero-order valence-electron chi connectivity index (χ0n) is 18.7. The number of esters is 1. The summed E-state index contributed by atoms with van der Waals surface area (Å²) < 4.78 is 17.4. The van der Waals surface area contributed by atoms with Crippen LogP contribution < -0.4 is 4.18 Å². The van der Waals surface area contributed by atoms with Gasteiger partial charge >= 0.3 is 5.97 Å². The van der Waals surface area contributed by atoms with Gasteiger partial charge in [0.1, 0.15) is 24.3 Å². The fraction of sp³-hybridized carbons (Fsp3) is 0.545. The van der Waals surface area contributed by atoms with E-state index in [9.17, 15) is 9.59 Å². The number of para-hydroxylation sites is 1. The molecule has 1 aromatic rings. The predicted octanol–water partition coefficient (Wildman–Crippen LogP) is 4.64. The maximum absolute atomic E-state index is 12.9. The van der Waals surface area contributed by atoms with Gasteiger partial charge in [-0.2, -0.15) is 0 Å². The molecule has 1 saturated heterocycles. The topological polar surface area (TPSA) is 65.1 Å². The second kappa shape index (κ2) is 10.0. The molecule has 0 N–H and O–H groups in total. The van der Waals surface area contributed by atoms with Gasteiger partial charge in [0.05, 0.1) is 24.1 Å². The summed E-state index contributed by atoms with van der Waals surface area (Å²) in [5, 5.41) is -0.306. The van der Waals surface area contributed by atoms with Gasteiger partial charge in [-0.25, -0.2) is 0 Å². The molecule has 166 valence electrons. The van der Waals surface area contributed by atoms with Crippen molar-refractivity contribution in [3.63, 3.8) is 0 Å². The number of hydrogen-bond donors (Lipinski definition) is 0. The number of benzene rings is 1. The minimum Gasteiger partial charge on any atom is -0.460 e. The minimum absolute atomic E-state index is 0.0331. The zero-order chi connectivity index (χ0) is 22.5. The van der Waals surface area contributed by atoms with Crippen molar-refractivity contribution < 1.29 is 22.9 Å². The van der Waals surface area contributed by atoms with E-state index in [1.54, 1.807) is 0 Å². The summed E-state index contributed by atoms with van der Waals surface area (Å²) in [5.41, 5.74) is 0. The van der Waals surface area contributed by atoms with Crippen molar-refractivity contribution in [3.8, 4) is 5.75 Å². The van der Waals surface area contributed by atoms with E-state index in [4.69, 9.17) is 13.3 Å². The summed E-state index contributed by atoms with van der Waals surface area (Å²) in [6, 6.07) is 9.37. The highest BCUT2D eigenvalue weighted by Gasteiger charge is 2.54. The van der Waals surface area contributed by atoms with Crippen LogP contribution in [-0.2, 0) is 18.8 Å². The van der Waals surface area contributed by atoms with Gasteiger partial charge < -0.3 is 18.2 Å². The normalized spacial score (nSPS) is 20.3. The predicted molar refractivity (Wildman–Crippen MR) is 123 cm³/mol. The van der Waals surface area contributed by atoms with E-state index in [0.717, 1.165) is 0 Å². The SMILES string of the molecule is C=CCOC(=O)CN1C(=O)[C@@H](C(C)O[Si](C)(C)C(C)(C)C)[C@@H]1SOc1ccccc1. The third-order valence-corrected chi connectivity index (χ3v) is 11.2. The Balaban J connectivity index is 2.12. The molecule has 0 aliphatic carbocycles. The van der Waals surface area contributed by atoms with Crippen molar-refractivity contribution >= 4 is 32.2 Å². The summed E-state index contributed by atoms with van der Waals surface area (Å²) in [7, 11) is -2.05. The minimum atomic E-state index is -2.05. The Hall–Kier alpha value is -1.77. The van der Waals surface area contributed by atoms with Crippen molar-refractivity contribution in [2.75, 3.05) is 13.2 Å². The number of hydrogen-bond acceptors (Lipinski definition) is 6. The van der Waals surface area contributed by atoms with E-state index < -0.39 is 14.3 Å². The molecule has 1 aromatic carbocycles. The highest BCUT2D eigenvalue weighted by atomic mass is 32.2. The molecule has 1 amide bonds. The van der Waals surface area contributed by atoms with E-state index >= 15 is 0 Å². The molecule has 1 aliphatic rings. The maximum Gasteiger partial charge on any atom is 0.325 e. The summed E-state index contributed by atoms with van der Waals surface area (Å²) in [5.74, 6) is -0.288. The molecule has 30 heavy (non-hydrogen) atoms. The average molecular weight is 452 g/mol. The first-order chi connectivity index (χ1) is 14.0. The summed E-state index contributed by atoms with van der Waals surface area (Å²) >= 11 is 1.18. The third-order valence-electron chi connectivity index (χ3n) is 5.62. The zero-order valence-corrected chi connectivity index (χ0v) is 20.5. The van der Waals surface area contributed by atoms with E-state index in [1.165, 1.54) is 23.0 Å². The molecule has 0 radical (unpaired) electrons. The number of amides is 1. The molecule has 1 fully saturated rings. The number of carbonyl (C=O) groups is 2. The van der Waals surface area contributed by atoms with E-state index in [1.807, 2.05) is 37.3 Å². The Morgan fingerprint density at radius 2 is 1.93 bits per heavy atom. The Morgan fingerprint density at radius 1 is 1.30 bits per heavy atom. The van der Waals surface area contributed by atoms with Crippen molar-refractivity contribution in [1.29, 1.82) is 0 Å². The Kier molecular flexibility index (Phi) is 8.18. The number of likely N-dealkylation sites (tertiary alicyclic amines) is 1. The summed E-state index contributed by atoms with van der Waals surface area (Å²) in [6.45, 7) is 16.3. The molecular weight excluding hydrogens is 418 g/mol. The molecule has 0 spiro atoms. The Bertz CT molecular complexity index is 750. The number of nitrogens with zero attached hydrogens (tertiary/aromatic N) is 1. The standard InChI is InChI=1S/C22H33NO5SSi/c1-8-14-26-18(24)15-23-20(25)19(16(2)28-30(6,7)22(3,4)5)21(23)29-27-17-12-10-9-11-13-17/h8-13,16,19,21H,1,14-15H2,2-7H3/t16?,19-,21+/m1/s1. The highest BCUT2D eigenvalue weighted by molar-refractivity contribution is 7.95. The number of rotatable bonds is 10. The van der Waals surface area contributed by atoms with E-state index in [0.29, 0.717) is 5.75 Å². The molecule has 3 atom stereocenters. The fourth-order valence-corrected chi connectivity index (χ4v) is 5.39. The first kappa shape index (κ1) is 24.5. The van der Waals surface area contributed by atoms with Crippen LogP contribution in [0.4, 0.5) is 0 Å². The Labute approximate surface area is 185 Å². The molecule has 0 saturated carbocycles. The lowest BCUT2D eigenvalue weighted by atomic mass is 9.93. The average Bonchev–Trinajstić information content (AvgIpc) is 2.66. The van der Waals surface area contributed by atoms with Gasteiger partial charge in [0, 0.05) is 0 Å². The number of ether oxygens (including phenoxy) is 1. The lowest BCUT2D eigenvalue weighted by molar-refractivity contribution is -0.164. The van der Waals surface area contributed by atoms with Crippen LogP contribution in [0.1, 0.15) is 27.7 Å². The van der Waals surface area contributed by atoms with Gasteiger partial charge in [0.25, 0.3) is 0 Å². The quantitative estimate of drug-likeness (QED) is 0.170. The second-order valence-corrected chi connectivity index (χ2v) is 14.5. The van der Waals surface area contributed by atoms with Crippen LogP contribution in [0.25, 0.3) is 0 Å². The summed E-state index contributed by atoms with van der Waals surface area (Å²) in [6.07, 6.45) is 1.22. The first-order valence-electron chi connectivity index (χ1n) is 10.1. The highest BCUT2D eigenvalue weighted by Crippen LogP contribution is 2.43. The molecule has 1 unspecified atom stereocenters. The van der Waals surface area contributed by atoms with Crippen LogP contribution in [-0.4, -0.2) is 49.7 Å². The van der Waals surface area contributed by atoms with Gasteiger partial charge in [-0.05, 0) is 37.2 Å². The van der Waals surface area contributed by atoms with Crippen molar-refractivity contribution in [2.24, 2.45) is 5.92 Å². The molecule has 1 heterocycles. The summed E-state index contributed by atoms with van der Waals surface area (Å²) in [4.78, 5) is 26.5. The molecule has 6 nitrogen and oxygen atoms in total. The molecule has 0 aromatic heterocycles. The van der Waals surface area contributed by atoms with Crippen LogP contribution >= 0.6 is 12.0 Å². The molecule has 2 rings (SSSR count). The van der Waals surface area contributed by atoms with Crippen LogP contribution in [0.5, 0.6) is 5.75 Å². The van der Waals surface area contributed by atoms with Gasteiger partial charge in [0.2, 0.25) is 5.91 Å². The number of carbonyl (C=O) groups excluding carboxylic acids is 2. The van der Waals surface area contributed by atoms with Crippen molar-refractivity contribution in [2.45, 2.75) is 57.3 Å². The third kappa shape index (κ3) is 5.89. The van der Waals surface area contributed by atoms with Crippen LogP contribution in [0.3, 0.4) is 0 Å². The van der Waals surface area contributed by atoms with E-state index in [-0.39, 0.29) is 41.5 Å². The molecule has 0 bridgehead atoms. The molecule has 1 aliphatic heterocycles. The molecule has 8 heteroatoms. The van der Waals surface area contributed by atoms with Crippen molar-refractivity contribution in [3.05, 3.63) is 43.0 Å². The maximum atomic E-state index is 12.9. The van der Waals surface area contributed by atoms with Gasteiger partial charge in [-0.1, -0.05) is 51.6 Å². The van der Waals surface area contributed by atoms with Gasteiger partial charge in [0.15, 0.2) is 8.32 Å².